The molecule has 0 saturated carbocycles. The predicted molar refractivity (Wildman–Crippen MR) is 76.0 cm³/mol. The number of rotatable bonds is 3. The molecule has 0 spiro atoms. The van der Waals surface area contributed by atoms with Gasteiger partial charge in [0.1, 0.15) is 17.1 Å². The lowest BCUT2D eigenvalue weighted by Gasteiger charge is -2.12. The van der Waals surface area contributed by atoms with Crippen molar-refractivity contribution in [2.24, 2.45) is 0 Å². The Kier molecular flexibility index (Phi) is 4.37. The number of benzene rings is 2. The van der Waals surface area contributed by atoms with Gasteiger partial charge in [0.2, 0.25) is 0 Å². The van der Waals surface area contributed by atoms with E-state index < -0.39 is 5.97 Å². The van der Waals surface area contributed by atoms with Gasteiger partial charge in [-0.25, -0.2) is 4.79 Å². The molecule has 0 aliphatic heterocycles. The zero-order valence-corrected chi connectivity index (χ0v) is 11.9. The van der Waals surface area contributed by atoms with Crippen LogP contribution in [0.4, 0.5) is 0 Å². The maximum absolute atomic E-state index is 11.7. The van der Waals surface area contributed by atoms with E-state index in [1.54, 1.807) is 12.1 Å². The molecule has 2 aromatic carbocycles. The number of methoxy groups -OCH3 is 1. The highest BCUT2D eigenvalue weighted by Gasteiger charge is 2.18. The SMILES string of the molecule is COC(=O)c1cc(Cl)cc(Cl)c1Oc1ccc(O)cc1. The molecule has 0 saturated heterocycles. The molecule has 0 fully saturated rings. The van der Waals surface area contributed by atoms with Crippen molar-refractivity contribution in [1.29, 1.82) is 0 Å². The minimum atomic E-state index is -0.608. The Labute approximate surface area is 125 Å². The molecule has 0 aliphatic rings. The highest BCUT2D eigenvalue weighted by molar-refractivity contribution is 6.36. The zero-order valence-electron chi connectivity index (χ0n) is 10.4. The fourth-order valence-electron chi connectivity index (χ4n) is 1.56. The van der Waals surface area contributed by atoms with Crippen LogP contribution in [0.15, 0.2) is 36.4 Å². The number of carbonyl (C=O) groups excluding carboxylic acids is 1. The average Bonchev–Trinajstić information content (AvgIpc) is 2.42. The van der Waals surface area contributed by atoms with Crippen LogP contribution in [0.2, 0.25) is 10.0 Å². The summed E-state index contributed by atoms with van der Waals surface area (Å²) in [6.45, 7) is 0. The number of carbonyl (C=O) groups is 1. The van der Waals surface area contributed by atoms with Gasteiger partial charge in [-0.3, -0.25) is 0 Å². The van der Waals surface area contributed by atoms with Crippen LogP contribution in [-0.2, 0) is 4.74 Å². The van der Waals surface area contributed by atoms with Crippen LogP contribution in [0.5, 0.6) is 17.2 Å². The van der Waals surface area contributed by atoms with Crippen molar-refractivity contribution in [1.82, 2.24) is 0 Å². The van der Waals surface area contributed by atoms with E-state index >= 15 is 0 Å². The summed E-state index contributed by atoms with van der Waals surface area (Å²) in [5, 5.41) is 9.71. The van der Waals surface area contributed by atoms with Crippen molar-refractivity contribution in [2.45, 2.75) is 0 Å². The Balaban J connectivity index is 2.44. The molecule has 0 radical (unpaired) electrons. The number of ether oxygens (including phenoxy) is 2. The maximum atomic E-state index is 11.7. The Hall–Kier alpha value is -1.91. The van der Waals surface area contributed by atoms with E-state index in [0.717, 1.165) is 0 Å². The van der Waals surface area contributed by atoms with Crippen LogP contribution >= 0.6 is 23.2 Å². The number of phenols is 1. The molecule has 4 nitrogen and oxygen atoms in total. The van der Waals surface area contributed by atoms with E-state index in [1.165, 1.54) is 31.4 Å². The van der Waals surface area contributed by atoms with Gasteiger partial charge >= 0.3 is 5.97 Å². The highest BCUT2D eigenvalue weighted by Crippen LogP contribution is 2.36. The molecule has 2 rings (SSSR count). The third kappa shape index (κ3) is 3.15. The maximum Gasteiger partial charge on any atom is 0.341 e. The quantitative estimate of drug-likeness (QED) is 0.859. The van der Waals surface area contributed by atoms with Crippen molar-refractivity contribution in [3.63, 3.8) is 0 Å². The number of halogens is 2. The molecule has 0 bridgehead atoms. The number of esters is 1. The molecule has 0 aromatic heterocycles. The molecular weight excluding hydrogens is 303 g/mol. The average molecular weight is 313 g/mol. The molecule has 1 N–H and O–H groups in total. The van der Waals surface area contributed by atoms with E-state index in [4.69, 9.17) is 27.9 Å². The first-order valence-electron chi connectivity index (χ1n) is 5.55. The summed E-state index contributed by atoms with van der Waals surface area (Å²) in [6.07, 6.45) is 0. The van der Waals surface area contributed by atoms with Crippen molar-refractivity contribution >= 4 is 29.2 Å². The van der Waals surface area contributed by atoms with Gasteiger partial charge in [0.05, 0.1) is 12.1 Å². The van der Waals surface area contributed by atoms with Gasteiger partial charge in [0, 0.05) is 5.02 Å². The number of hydrogen-bond donors (Lipinski definition) is 1. The van der Waals surface area contributed by atoms with Gasteiger partial charge in [0.15, 0.2) is 5.75 Å². The first-order valence-corrected chi connectivity index (χ1v) is 6.31. The molecular formula is C14H10Cl2O4. The summed E-state index contributed by atoms with van der Waals surface area (Å²) in [5.41, 5.74) is 0.123. The smallest absolute Gasteiger partial charge is 0.341 e. The van der Waals surface area contributed by atoms with Crippen LogP contribution in [-0.4, -0.2) is 18.2 Å². The van der Waals surface area contributed by atoms with Crippen LogP contribution < -0.4 is 4.74 Å². The fraction of sp³-hybridized carbons (Fsp3) is 0.0714. The van der Waals surface area contributed by atoms with Crippen molar-refractivity contribution in [2.75, 3.05) is 7.11 Å². The standard InChI is InChI=1S/C14H10Cl2O4/c1-19-14(18)11-6-8(15)7-12(16)13(11)20-10-4-2-9(17)3-5-10/h2-7,17H,1H3. The van der Waals surface area contributed by atoms with E-state index in [1.807, 2.05) is 0 Å². The van der Waals surface area contributed by atoms with E-state index in [0.29, 0.717) is 10.8 Å². The van der Waals surface area contributed by atoms with Gasteiger partial charge in [-0.1, -0.05) is 23.2 Å². The molecule has 0 aliphatic carbocycles. The third-order valence-corrected chi connectivity index (χ3v) is 2.97. The van der Waals surface area contributed by atoms with Crippen LogP contribution in [0, 0.1) is 0 Å². The van der Waals surface area contributed by atoms with Gasteiger partial charge in [-0.2, -0.15) is 0 Å². The molecule has 0 atom stereocenters. The summed E-state index contributed by atoms with van der Waals surface area (Å²) >= 11 is 11.9. The Morgan fingerprint density at radius 2 is 1.80 bits per heavy atom. The van der Waals surface area contributed by atoms with Gasteiger partial charge in [-0.15, -0.1) is 0 Å². The lowest BCUT2D eigenvalue weighted by Crippen LogP contribution is -2.04. The number of phenolic OH excluding ortho intramolecular Hbond substituents is 1. The van der Waals surface area contributed by atoms with E-state index in [-0.39, 0.29) is 22.1 Å². The molecule has 0 unspecified atom stereocenters. The van der Waals surface area contributed by atoms with Crippen molar-refractivity contribution in [3.8, 4) is 17.2 Å². The summed E-state index contributed by atoms with van der Waals surface area (Å²) in [4.78, 5) is 11.7. The molecule has 2 aromatic rings. The van der Waals surface area contributed by atoms with E-state index in [2.05, 4.69) is 4.74 Å². The lowest BCUT2D eigenvalue weighted by atomic mass is 10.2. The predicted octanol–water partition coefficient (Wildman–Crippen LogP) is 4.28. The first kappa shape index (κ1) is 14.5. The first-order chi connectivity index (χ1) is 9.51. The molecule has 6 heteroatoms. The normalized spacial score (nSPS) is 10.2. The molecule has 0 amide bonds. The van der Waals surface area contributed by atoms with Crippen LogP contribution in [0.3, 0.4) is 0 Å². The monoisotopic (exact) mass is 312 g/mol. The highest BCUT2D eigenvalue weighted by atomic mass is 35.5. The largest absolute Gasteiger partial charge is 0.508 e. The van der Waals surface area contributed by atoms with Crippen molar-refractivity contribution < 1.29 is 19.4 Å². The summed E-state index contributed by atoms with van der Waals surface area (Å²) < 4.78 is 10.2. The van der Waals surface area contributed by atoms with Crippen LogP contribution in [0.1, 0.15) is 10.4 Å². The minimum Gasteiger partial charge on any atom is -0.508 e. The topological polar surface area (TPSA) is 55.8 Å². The molecule has 0 heterocycles. The summed E-state index contributed by atoms with van der Waals surface area (Å²) in [7, 11) is 1.25. The summed E-state index contributed by atoms with van der Waals surface area (Å²) in [5.74, 6) is 0.0571. The number of aromatic hydroxyl groups is 1. The van der Waals surface area contributed by atoms with Gasteiger partial charge in [0.25, 0.3) is 0 Å². The molecule has 20 heavy (non-hydrogen) atoms. The van der Waals surface area contributed by atoms with Gasteiger partial charge in [-0.05, 0) is 36.4 Å². The Morgan fingerprint density at radius 1 is 1.15 bits per heavy atom. The Morgan fingerprint density at radius 3 is 2.40 bits per heavy atom. The molecule has 104 valence electrons. The third-order valence-electron chi connectivity index (χ3n) is 2.47. The minimum absolute atomic E-state index is 0.104. The second kappa shape index (κ2) is 6.03. The fourth-order valence-corrected chi connectivity index (χ4v) is 2.09. The zero-order chi connectivity index (χ0) is 14.7. The van der Waals surface area contributed by atoms with Gasteiger partial charge < -0.3 is 14.6 Å². The van der Waals surface area contributed by atoms with Crippen LogP contribution in [0.25, 0.3) is 0 Å². The number of hydrogen-bond acceptors (Lipinski definition) is 4. The van der Waals surface area contributed by atoms with E-state index in [9.17, 15) is 9.90 Å². The Bertz CT molecular complexity index is 638. The summed E-state index contributed by atoms with van der Waals surface area (Å²) in [6, 6.07) is 8.87. The van der Waals surface area contributed by atoms with Crippen molar-refractivity contribution in [3.05, 3.63) is 52.0 Å². The second-order valence-electron chi connectivity index (χ2n) is 3.85. The second-order valence-corrected chi connectivity index (χ2v) is 4.70. The lowest BCUT2D eigenvalue weighted by molar-refractivity contribution is 0.0598.